The highest BCUT2D eigenvalue weighted by molar-refractivity contribution is 5.18. The van der Waals surface area contributed by atoms with E-state index in [9.17, 15) is 0 Å². The molecule has 0 radical (unpaired) electrons. The van der Waals surface area contributed by atoms with Crippen molar-refractivity contribution in [1.29, 1.82) is 0 Å². The van der Waals surface area contributed by atoms with Crippen LogP contribution < -0.4 is 0 Å². The fourth-order valence-corrected chi connectivity index (χ4v) is 1.60. The molecule has 1 rings (SSSR count). The monoisotopic (exact) mass is 178 g/mol. The Bertz CT molecular complexity index is 230. The SMILES string of the molecule is C[C@@H](CO)C[C@H](C)c1ccccc1. The molecule has 2 atom stereocenters. The number of aliphatic hydroxyl groups excluding tert-OH is 1. The van der Waals surface area contributed by atoms with Crippen LogP contribution in [0, 0.1) is 5.92 Å². The fraction of sp³-hybridized carbons (Fsp3) is 0.500. The van der Waals surface area contributed by atoms with Gasteiger partial charge in [-0.25, -0.2) is 0 Å². The van der Waals surface area contributed by atoms with Crippen molar-refractivity contribution in [2.75, 3.05) is 6.61 Å². The van der Waals surface area contributed by atoms with E-state index in [2.05, 4.69) is 38.1 Å². The molecule has 0 amide bonds. The molecule has 0 aliphatic heterocycles. The second-order valence-corrected chi connectivity index (χ2v) is 3.84. The van der Waals surface area contributed by atoms with E-state index in [0.29, 0.717) is 11.8 Å². The van der Waals surface area contributed by atoms with Gasteiger partial charge in [0.15, 0.2) is 0 Å². The molecule has 0 bridgehead atoms. The van der Waals surface area contributed by atoms with Crippen LogP contribution in [0.25, 0.3) is 0 Å². The maximum Gasteiger partial charge on any atom is 0.0456 e. The first-order valence-corrected chi connectivity index (χ1v) is 4.90. The number of hydrogen-bond donors (Lipinski definition) is 1. The first-order chi connectivity index (χ1) is 6.24. The Morgan fingerprint density at radius 3 is 2.31 bits per heavy atom. The molecule has 0 aliphatic rings. The summed E-state index contributed by atoms with van der Waals surface area (Å²) < 4.78 is 0. The first kappa shape index (κ1) is 10.3. The molecule has 1 nitrogen and oxygen atoms in total. The van der Waals surface area contributed by atoms with Crippen LogP contribution >= 0.6 is 0 Å². The maximum absolute atomic E-state index is 8.93. The Morgan fingerprint density at radius 2 is 1.77 bits per heavy atom. The van der Waals surface area contributed by atoms with Gasteiger partial charge in [0.05, 0.1) is 0 Å². The lowest BCUT2D eigenvalue weighted by Gasteiger charge is -2.15. The van der Waals surface area contributed by atoms with E-state index in [0.717, 1.165) is 6.42 Å². The Kier molecular flexibility index (Phi) is 3.97. The van der Waals surface area contributed by atoms with Gasteiger partial charge in [-0.1, -0.05) is 44.2 Å². The van der Waals surface area contributed by atoms with E-state index in [1.807, 2.05) is 6.07 Å². The van der Waals surface area contributed by atoms with Gasteiger partial charge in [-0.05, 0) is 23.8 Å². The topological polar surface area (TPSA) is 20.2 Å². The minimum Gasteiger partial charge on any atom is -0.396 e. The Hall–Kier alpha value is -0.820. The zero-order chi connectivity index (χ0) is 9.68. The van der Waals surface area contributed by atoms with Crippen LogP contribution in [0.2, 0.25) is 0 Å². The minimum absolute atomic E-state index is 0.289. The van der Waals surface area contributed by atoms with Crippen molar-refractivity contribution >= 4 is 0 Å². The van der Waals surface area contributed by atoms with Gasteiger partial charge in [-0.15, -0.1) is 0 Å². The van der Waals surface area contributed by atoms with Gasteiger partial charge in [-0.2, -0.15) is 0 Å². The van der Waals surface area contributed by atoms with Crippen LogP contribution in [0.3, 0.4) is 0 Å². The average Bonchev–Trinajstić information content (AvgIpc) is 2.19. The zero-order valence-electron chi connectivity index (χ0n) is 8.40. The molecule has 1 heteroatoms. The van der Waals surface area contributed by atoms with Crippen LogP contribution in [0.4, 0.5) is 0 Å². The van der Waals surface area contributed by atoms with E-state index in [4.69, 9.17) is 5.11 Å². The predicted molar refractivity (Wildman–Crippen MR) is 55.7 cm³/mol. The highest BCUT2D eigenvalue weighted by atomic mass is 16.3. The van der Waals surface area contributed by atoms with Gasteiger partial charge in [0.2, 0.25) is 0 Å². The summed E-state index contributed by atoms with van der Waals surface area (Å²) in [7, 11) is 0. The molecule has 0 heterocycles. The highest BCUT2D eigenvalue weighted by Crippen LogP contribution is 2.22. The largest absolute Gasteiger partial charge is 0.396 e. The molecule has 0 unspecified atom stereocenters. The number of rotatable bonds is 4. The highest BCUT2D eigenvalue weighted by Gasteiger charge is 2.08. The summed E-state index contributed by atoms with van der Waals surface area (Å²) in [5.74, 6) is 0.943. The molecule has 13 heavy (non-hydrogen) atoms. The normalized spacial score (nSPS) is 15.3. The molecule has 1 aromatic rings. The lowest BCUT2D eigenvalue weighted by atomic mass is 9.92. The third-order valence-corrected chi connectivity index (χ3v) is 2.44. The summed E-state index contributed by atoms with van der Waals surface area (Å²) in [6.45, 7) is 4.58. The molecular weight excluding hydrogens is 160 g/mol. The second-order valence-electron chi connectivity index (χ2n) is 3.84. The summed E-state index contributed by atoms with van der Waals surface area (Å²) in [5, 5.41) is 8.93. The van der Waals surface area contributed by atoms with Crippen molar-refractivity contribution in [3.05, 3.63) is 35.9 Å². The maximum atomic E-state index is 8.93. The van der Waals surface area contributed by atoms with Crippen LogP contribution in [-0.4, -0.2) is 11.7 Å². The molecule has 0 fully saturated rings. The van der Waals surface area contributed by atoms with Gasteiger partial charge < -0.3 is 5.11 Å². The van der Waals surface area contributed by atoms with Crippen molar-refractivity contribution in [1.82, 2.24) is 0 Å². The number of hydrogen-bond acceptors (Lipinski definition) is 1. The van der Waals surface area contributed by atoms with Crippen LogP contribution in [0.15, 0.2) is 30.3 Å². The fourth-order valence-electron chi connectivity index (χ4n) is 1.60. The van der Waals surface area contributed by atoms with Gasteiger partial charge in [0, 0.05) is 6.61 Å². The van der Waals surface area contributed by atoms with Crippen LogP contribution in [-0.2, 0) is 0 Å². The van der Waals surface area contributed by atoms with Crippen molar-refractivity contribution in [3.63, 3.8) is 0 Å². The summed E-state index contributed by atoms with van der Waals surface area (Å²) in [6, 6.07) is 10.5. The average molecular weight is 178 g/mol. The van der Waals surface area contributed by atoms with Gasteiger partial charge in [0.25, 0.3) is 0 Å². The predicted octanol–water partition coefficient (Wildman–Crippen LogP) is 2.81. The molecular formula is C12H18O. The summed E-state index contributed by atoms with van der Waals surface area (Å²) in [5.41, 5.74) is 1.36. The minimum atomic E-state index is 0.289. The zero-order valence-corrected chi connectivity index (χ0v) is 8.40. The van der Waals surface area contributed by atoms with E-state index >= 15 is 0 Å². The van der Waals surface area contributed by atoms with Crippen LogP contribution in [0.5, 0.6) is 0 Å². The van der Waals surface area contributed by atoms with E-state index in [1.54, 1.807) is 0 Å². The van der Waals surface area contributed by atoms with Crippen molar-refractivity contribution in [2.45, 2.75) is 26.2 Å². The summed E-state index contributed by atoms with van der Waals surface area (Å²) in [6.07, 6.45) is 1.06. The lowest BCUT2D eigenvalue weighted by molar-refractivity contribution is 0.225. The van der Waals surface area contributed by atoms with Crippen molar-refractivity contribution in [3.8, 4) is 0 Å². The van der Waals surface area contributed by atoms with Gasteiger partial charge in [-0.3, -0.25) is 0 Å². The third kappa shape index (κ3) is 3.19. The van der Waals surface area contributed by atoms with Crippen molar-refractivity contribution < 1.29 is 5.11 Å². The lowest BCUT2D eigenvalue weighted by Crippen LogP contribution is -2.05. The van der Waals surface area contributed by atoms with Gasteiger partial charge in [0.1, 0.15) is 0 Å². The molecule has 0 saturated heterocycles. The van der Waals surface area contributed by atoms with E-state index in [1.165, 1.54) is 5.56 Å². The quantitative estimate of drug-likeness (QED) is 0.751. The summed E-state index contributed by atoms with van der Waals surface area (Å²) in [4.78, 5) is 0. The molecule has 0 aliphatic carbocycles. The second kappa shape index (κ2) is 5.03. The third-order valence-electron chi connectivity index (χ3n) is 2.44. The first-order valence-electron chi connectivity index (χ1n) is 4.90. The molecule has 1 N–H and O–H groups in total. The number of benzene rings is 1. The van der Waals surface area contributed by atoms with Crippen molar-refractivity contribution in [2.24, 2.45) is 5.92 Å². The summed E-state index contributed by atoms with van der Waals surface area (Å²) >= 11 is 0. The molecule has 1 aromatic carbocycles. The smallest absolute Gasteiger partial charge is 0.0456 e. The molecule has 0 saturated carbocycles. The van der Waals surface area contributed by atoms with Crippen LogP contribution in [0.1, 0.15) is 31.7 Å². The molecule has 72 valence electrons. The molecule has 0 spiro atoms. The standard InChI is InChI=1S/C12H18O/c1-10(9-13)8-11(2)12-6-4-3-5-7-12/h3-7,10-11,13H,8-9H2,1-2H3/t10-,11+/m1/s1. The molecule has 0 aromatic heterocycles. The Labute approximate surface area is 80.4 Å². The Balaban J connectivity index is 2.53. The van der Waals surface area contributed by atoms with E-state index < -0.39 is 0 Å². The Morgan fingerprint density at radius 1 is 1.15 bits per heavy atom. The van der Waals surface area contributed by atoms with Gasteiger partial charge >= 0.3 is 0 Å². The van der Waals surface area contributed by atoms with E-state index in [-0.39, 0.29) is 6.61 Å². The number of aliphatic hydroxyl groups is 1.